The first-order chi connectivity index (χ1) is 42.7. The van der Waals surface area contributed by atoms with Crippen molar-refractivity contribution >= 4 is 29.1 Å². The second kappa shape index (κ2) is 16.0. The number of carbonyl (C=O) groups is 2. The molecule has 3 rings (SSSR count). The summed E-state index contributed by atoms with van der Waals surface area (Å²) in [5, 5.41) is 29.2. The molecule has 1 aromatic heterocycles. The number of hydrogen-bond acceptors (Lipinski definition) is 7. The van der Waals surface area contributed by atoms with E-state index in [-0.39, 0.29) is 377 Å². The van der Waals surface area contributed by atoms with E-state index in [1.807, 2.05) is 40.7 Å². The van der Waals surface area contributed by atoms with Crippen LogP contribution in [0.4, 0.5) is 0 Å². The van der Waals surface area contributed by atoms with Crippen molar-refractivity contribution in [3.63, 3.8) is 0 Å². The molecule has 7 nitrogen and oxygen atoms in total. The van der Waals surface area contributed by atoms with Gasteiger partial charge >= 0.3 is 0 Å². The van der Waals surface area contributed by atoms with Gasteiger partial charge in [0, 0.05) is 404 Å². The van der Waals surface area contributed by atoms with Crippen molar-refractivity contribution in [2.24, 2.45) is 58.2 Å². The maximum atomic E-state index is 15.0. The van der Waals surface area contributed by atoms with Gasteiger partial charge in [0.15, 0.2) is 0 Å². The first kappa shape index (κ1) is 22.7. The average molecular weight is 1270 g/mol. The lowest BCUT2D eigenvalue weighted by Crippen LogP contribution is -2.59. The fraction of sp³-hybridized carbons (Fsp3) is 0.837. The second-order valence-electron chi connectivity index (χ2n) is 18.9. The summed E-state index contributed by atoms with van der Waals surface area (Å²) in [5.74, 6) is -1.65. The van der Waals surface area contributed by atoms with Crippen molar-refractivity contribution in [2.75, 3.05) is 0 Å². The zero-order chi connectivity index (χ0) is 78.0. The molecule has 1 amide bonds. The van der Waals surface area contributed by atoms with E-state index in [2.05, 4.69) is 81.5 Å². The van der Waals surface area contributed by atoms with Crippen LogP contribution >= 0.6 is 11.3 Å². The molecular weight excluding hydrogens is 657 g/mol. The number of hydrogen-bond donors (Lipinski definition) is 3. The van der Waals surface area contributed by atoms with Crippen LogP contribution in [0, 0.1) is 58.2 Å². The van der Waals surface area contributed by atoms with E-state index in [4.69, 9.17) is 67.5 Å². The number of aliphatic hydroxyl groups is 2. The van der Waals surface area contributed by atoms with Crippen LogP contribution in [0.2, 0.25) is 0 Å². The third-order valence-corrected chi connectivity index (χ3v) is 14.5. The van der Waals surface area contributed by atoms with E-state index in [0.29, 0.717) is 23.9 Å². The third kappa shape index (κ3) is 8.24. The van der Waals surface area contributed by atoms with Crippen molar-refractivity contribution in [3.8, 4) is 0 Å². The Morgan fingerprint density at radius 3 is 2.16 bits per heavy atom. The molecule has 1 aromatic rings. The molecule has 8 heteroatoms. The molecule has 0 saturated carbocycles. The summed E-state index contributed by atoms with van der Waals surface area (Å²) in [5.41, 5.74) is -1.49. The number of fused-ring (bicyclic) bond motifs is 1. The lowest BCUT2D eigenvalue weighted by atomic mass is 9.54. The van der Waals surface area contributed by atoms with Crippen LogP contribution in [0.15, 0.2) is 10.9 Å². The molecule has 2 saturated heterocycles. The predicted octanol–water partition coefficient (Wildman–Crippen LogP) is 69.8. The lowest BCUT2D eigenvalue weighted by molar-refractivity contribution is -0.164. The van der Waals surface area contributed by atoms with Gasteiger partial charge in [-0.15, -0.1) is 11.3 Å². The second-order valence-corrected chi connectivity index (χ2v) is 19.8. The van der Waals surface area contributed by atoms with Gasteiger partial charge in [0.25, 0.3) is 0 Å². The molecule has 0 radical (unpaired) electrons. The molecule has 11 atom stereocenters. The summed E-state index contributed by atoms with van der Waals surface area (Å²) in [6, 6.07) is -0.470. The van der Waals surface area contributed by atoms with E-state index < -0.39 is 52.1 Å². The number of aliphatic hydroxyl groups excluding tert-OH is 2. The van der Waals surface area contributed by atoms with Gasteiger partial charge in [-0.05, 0) is 72.3 Å². The number of amides is 1. The summed E-state index contributed by atoms with van der Waals surface area (Å²) in [7, 11) is 0. The van der Waals surface area contributed by atoms with Crippen molar-refractivity contribution in [1.82, 2.24) is 10.3 Å². The minimum absolute atomic E-state index is 0. The molecular formula is C43H566N2O5S. The molecule has 3 heterocycles. The van der Waals surface area contributed by atoms with Gasteiger partial charge in [0.2, 0.25) is 5.91 Å². The predicted molar refractivity (Wildman–Crippen MR) is 731 cm³/mol. The Hall–Kier alpha value is -1.61. The van der Waals surface area contributed by atoms with Gasteiger partial charge in [-0.3, -0.25) is 9.59 Å². The molecule has 2 aliphatic rings. The van der Waals surface area contributed by atoms with Gasteiger partial charge < -0.3 is 20.3 Å². The maximum absolute atomic E-state index is 15.0. The first-order valence-electron chi connectivity index (χ1n) is 39.3. The minimum atomic E-state index is -1.30. The largest absolute Gasteiger partial charge is 0.392 e. The molecule has 784 valence electrons. The number of Topliss-reactive ketones (excluding diaryl/α,β-unsaturated/α-hetero) is 1. The highest BCUT2D eigenvalue weighted by Crippen LogP contribution is 2.60. The number of ketones is 1. The van der Waals surface area contributed by atoms with Gasteiger partial charge in [-0.25, -0.2) is 4.98 Å². The summed E-state index contributed by atoms with van der Waals surface area (Å²) >= 11 is 1.39. The topological polar surface area (TPSA) is 112 Å². The first-order valence-corrected chi connectivity index (χ1v) is 20.7. The number of epoxide rings is 1. The zero-order valence-corrected chi connectivity index (χ0v) is 35.9. The third-order valence-electron chi connectivity index (χ3n) is 13.4. The van der Waals surface area contributed by atoms with Gasteiger partial charge in [0.05, 0.1) is 47.3 Å². The van der Waals surface area contributed by atoms with Gasteiger partial charge in [0.1, 0.15) is 11.4 Å². The summed E-state index contributed by atoms with van der Waals surface area (Å²) in [6.07, 6.45) is 1.36. The molecule has 4 unspecified atom stereocenters. The van der Waals surface area contributed by atoms with Crippen LogP contribution in [-0.2, 0) is 14.3 Å². The number of rotatable bonds is 7. The highest BCUT2D eigenvalue weighted by atomic mass is 32.1. The lowest BCUT2D eigenvalue weighted by Gasteiger charge is -2.50. The van der Waals surface area contributed by atoms with Crippen LogP contribution in [0.1, 0.15) is 535 Å². The Kier molecular flexibility index (Phi) is 7.12. The Morgan fingerprint density at radius 2 is 1.71 bits per heavy atom. The van der Waals surface area contributed by atoms with E-state index in [1.54, 1.807) is 6.92 Å². The Morgan fingerprint density at radius 1 is 1.12 bits per heavy atom. The minimum Gasteiger partial charge on any atom is -0.392 e. The smallest absolute Gasteiger partial charge is 0.225 e. The van der Waals surface area contributed by atoms with Gasteiger partial charge in [-0.2, -0.15) is 0 Å². The zero-order valence-electron chi connectivity index (χ0n) is 74.1. The highest BCUT2D eigenvalue weighted by Gasteiger charge is 2.69. The maximum Gasteiger partial charge on any atom is 0.225 e. The molecule has 2 aliphatic heterocycles. The SMILES string of the molecule is [2H][2H].[2H][2H].[2H][2H].[2H][2H].[2H][2H].[2H][2H].[2H][2H].[2H][2H].[2H][2H].[2H][2H].[2H][2H].[2H][2H].[2H][2H].[2H][2H].[2H][2H].[2H][2H].[2H][2H].[2H][2H].[2H][2H].[2H]c1sc(C(C)C)nc1/C=C(\C(C)C)[C@@H]1C[C@]2(C)O[C@]2(C(C)C)CC(C)C(C)[C@H](C(C)C)[C@H](O)[C@@H](C)C(=O)C(CC)(C(C)(C)C)[C@@H](O)C(C)C(=O)N1.[HH].[HH].[HH].[HH].[HH].[HH].[HH].[HH].[HH].[HH].[HH].[HH].[HH].[HH].[HH].[HH].[HH].[HH].[HH].[HH].[HH].[HH].[HH].[HH].[HH].[HH].[HH].[HH].[HH].[HH].[HH].[HH].[HH].[HH].[HH].[HH].[HH].[HH].[HH].[HH].[HH].[HH].[HH].[HH].[HH].[HH].[HH].[HH].[HH].[HH].[HH].[HH].[HH].[HH].[HH].[HH].[HH].[HH].[HH].[HH].[HH].[HH].[HH].[HH].[HH].[HH].[HH].[HH].[HH].[HH].[HH].[HH].[HH].[HH].[HH].[HH].[HH].[HH].[HH].[HH].[HH].[HH].[HH].[HH].[HH].[HH].[HH].[HH].[HH].[HH].[HH].[HH].[HH].[HH].[HH].[HH].[HH].[HH].[HH].[HH].[HH].[HH].[HH].[HH].[HH].[HH].[HH].[HH].[HH].[HH].[HH].[HH].[HH].[HH].[HH].[HH].[HH].[HH].[HH].[HH].[HH].[HH].[HH].[HH].[HH].[HH].[HH].[HH].[HH].[HH].[HH].[HH].[HH].[HH].[HH].[HH].[HH].[HH].[HH].[HH].[HH].[HH].[HH].[HH].[HH].[HH].[HH].[HH].[HH].[HH].[HH].[HH].[HH].[HH].[HH].[HH].[HH].[HH].[HH].[HH].[HH].[HH].[HH].[HH].[HH].[HH].[HH].[HH].[HH].[HH].[HH].[HH].[HH].[HH].[HH].[HH].[HH].[HH].[HH].[HH].[HH].[HH].[HH].[HH].[HH].[HH].[HH].[HH].[HH].[HH].[HH].[HH].[HH].[HH].[HH].[HH].[HH].[HH].[HH].[HH].[HH].[HH].[HH].[HH].[HH].[HH].[HH].[HH].[HH].[HH].[HH].[HH].[HH].[HH].[HH].[HH].[HH].[HH].[HH].[HH].[HH].[HH].[HH].[HH].[HH].[HH].[HH]. The van der Waals surface area contributed by atoms with Crippen molar-refractivity contribution < 1.29 is 406 Å². The highest BCUT2D eigenvalue weighted by molar-refractivity contribution is 7.09. The molecule has 0 aromatic carbocycles. The molecule has 0 aliphatic carbocycles. The Bertz CT molecular complexity index is 1640. The Labute approximate surface area is 712 Å². The number of nitrogens with one attached hydrogen (secondary N) is 1. The van der Waals surface area contributed by atoms with Crippen LogP contribution in [0.3, 0.4) is 0 Å². The number of nitrogens with zero attached hydrogens (tertiary/aromatic N) is 1. The average Bonchev–Trinajstić information content (AvgIpc) is 1.53. The van der Waals surface area contributed by atoms with Crippen LogP contribution in [-0.4, -0.2) is 56.3 Å². The molecule has 3 N–H and O–H groups in total. The van der Waals surface area contributed by atoms with E-state index in [9.17, 15) is 19.8 Å². The Balaban J connectivity index is -0.000000000797. The van der Waals surface area contributed by atoms with Crippen molar-refractivity contribution in [1.29, 1.82) is 0 Å². The fourth-order valence-corrected chi connectivity index (χ4v) is 10.5. The number of aromatic nitrogens is 1. The fourth-order valence-electron chi connectivity index (χ4n) is 9.86. The van der Waals surface area contributed by atoms with Crippen molar-refractivity contribution in [3.05, 3.63) is 21.6 Å². The molecule has 2 fully saturated rings. The van der Waals surface area contributed by atoms with E-state index in [1.165, 1.54) is 11.3 Å². The standard InChI is InChI=1S/C43H74N2O5S.246H2/c1-18-42(40(14,15)16)36(47)29(12)35(46)34(24(4)5)28(11)27(10)20-43(26(8)9)41(17,50-43)21-33(45-38(49)30(13)37(42)48)32(23(2)3)19-31-22-51-39(44-31)25(6)7;;;;;;;;;;;;;;;;;;;;;;;;;;;;;;;;;;;;;;;;;;;;;;;;;;;;;;;;;;;;;;;;;;;;;;;;;;;;;;;;;;;;;;;;;;;;;;;;;;;;;;;;;;;;;;;;;;;;;;;;;;;;;;;;;;;;;;;;;;;;;;;;;;;;;;;;;;;;;;;;;;;;;;;;;;;;;;;;;;;;;;;;;;;;;;;;;;;;;;;;;;;;;;;;;;;;;;;;;;;;;;;;;;;;;;;;;;;;;;;;;;;;;;/h19,22-30,33-35,37,46,48H,18,20-21H2,1-17H3,(H,45,49);246*1H/b32-19+;;;;;;;;;;;;;;;;;;;;;;;;;;;;;;;;;;;;;;;;;;;;;;;;;;;;;;;;;;;;;;;;;;;;;;;;;;;;;;;;;;;;;;;;;;;;;;;;;;;;;;;;;;;;;;;;;;;;;;;;;;;;;;;;;;;;;;;;;;;;;;;;;;;;;;;;;;;;;;;;;;;;;;;;;;;;;;;;;;;;;;;;;;;;;;;;;;;;;;;;;;;;;;;;;;;;;;;;;;;;;;;;;;;;;;;;;;;;;;;;;;;;;;/t27?,28?,29-,30?,33+,34+,35-,37+,41+,42?,43+;;;;;;;;;;;;;;;;;;;;;;;;;;;;;;;;;;;;;;;;;;;;;;;;;;;;;;;;;;;;;;;;;;;;;;;;;;;;;;;;;;;;;;;;;;;;;;;;;;;;;;;;;;;;;;;;;;;;;;;;;;;;;;;;;;;;;;;;;;;;;;;;;;;;;;;;;;;;;;;;;;;;;;;;;;;;;;;;;;;;;;;;;;;;;;;;;;;;;;;;;;;;;;;;;;;;;;;;;;;;;;;;;;;;;;;;;;;;;;;;;;;;;;/m1....................................................................................................................................................................................................................................................../s1/i22D;19*1+1D;;;;;;;;;;;;;;;;;;;;;;;;;;;;;;;;;;;;;;;;;;;;;;;;;;;;;;;;;;;;;;;;;;;;;;;;;;;;;;;;;;;;;;;;;;;;;;;;;;;;;;;;;;;;;;;;;;;;;;;;;;;;;;;;;;;;;;;;;;;;;;;;;;;;;;;;;;;;;;;;;;;;;;;;;;;;;;;;;;;;;;;;;;;;;;;;;;;;;;;;;;;;;;;;;;;;;;;;;;;;;;;;;;;. The summed E-state index contributed by atoms with van der Waals surface area (Å²) in [4.78, 5) is 34.4. The molecule has 51 heavy (non-hydrogen) atoms. The number of ether oxygens (including phenoxy) is 1. The van der Waals surface area contributed by atoms with Gasteiger partial charge in [-0.1, -0.05) is 111 Å². The number of carbonyl (C=O) groups excluding carboxylic acids is 2. The molecule has 0 bridgehead atoms. The quantitative estimate of drug-likeness (QED) is 0.235. The van der Waals surface area contributed by atoms with Crippen LogP contribution in [0.25, 0.3) is 6.08 Å². The number of thiazole rings is 1. The van der Waals surface area contributed by atoms with E-state index in [0.717, 1.165) is 17.0 Å². The normalized spacial score (nSPS) is 41.3. The summed E-state index contributed by atoms with van der Waals surface area (Å²) < 4.78 is 206. The van der Waals surface area contributed by atoms with Crippen LogP contribution in [0.5, 0.6) is 0 Å². The molecule has 0 spiro atoms. The van der Waals surface area contributed by atoms with Crippen molar-refractivity contribution in [2.45, 2.75) is 172 Å². The van der Waals surface area contributed by atoms with E-state index >= 15 is 0 Å². The van der Waals surface area contributed by atoms with Crippen LogP contribution < -0.4 is 5.32 Å². The summed E-state index contributed by atoms with van der Waals surface area (Å²) in [6.45, 7) is 34.9. The monoisotopic (exact) mass is 1270 g/mol.